The van der Waals surface area contributed by atoms with Gasteiger partial charge in [0.1, 0.15) is 11.5 Å². The summed E-state index contributed by atoms with van der Waals surface area (Å²) < 4.78 is 37.5. The normalized spacial score (nSPS) is 11.0. The van der Waals surface area contributed by atoms with Gasteiger partial charge in [0.2, 0.25) is 0 Å². The highest BCUT2D eigenvalue weighted by Gasteiger charge is 2.23. The summed E-state index contributed by atoms with van der Waals surface area (Å²) in [5.74, 6) is 0.322. The van der Waals surface area contributed by atoms with Crippen LogP contribution in [0.25, 0.3) is 0 Å². The molecule has 0 bridgehead atoms. The molecule has 0 saturated heterocycles. The van der Waals surface area contributed by atoms with Gasteiger partial charge in [0, 0.05) is 7.05 Å². The average Bonchev–Trinajstić information content (AvgIpc) is 2.74. The number of hydrogen-bond donors (Lipinski definition) is 0. The van der Waals surface area contributed by atoms with Gasteiger partial charge in [-0.3, -0.25) is 4.31 Å². The van der Waals surface area contributed by atoms with Crippen molar-refractivity contribution in [1.82, 2.24) is 0 Å². The molecule has 6 nitrogen and oxygen atoms in total. The lowest BCUT2D eigenvalue weighted by molar-refractivity contribution is 0.0734. The van der Waals surface area contributed by atoms with Gasteiger partial charge in [0.25, 0.3) is 10.0 Å². The predicted octanol–water partition coefficient (Wildman–Crippen LogP) is 4.05. The Morgan fingerprint density at radius 1 is 0.897 bits per heavy atom. The van der Waals surface area contributed by atoms with E-state index in [4.69, 9.17) is 9.47 Å². The Morgan fingerprint density at radius 2 is 1.52 bits per heavy atom. The number of nitrogens with zero attached hydrogens (tertiary/aromatic N) is 1. The van der Waals surface area contributed by atoms with Gasteiger partial charge in [0.15, 0.2) is 0 Å². The summed E-state index contributed by atoms with van der Waals surface area (Å²) in [6.45, 7) is 1.93. The number of carbonyl (C=O) groups is 1. The van der Waals surface area contributed by atoms with Crippen LogP contribution in [0.4, 0.5) is 5.69 Å². The van der Waals surface area contributed by atoms with Crippen LogP contribution in [-0.2, 0) is 10.0 Å². The summed E-state index contributed by atoms with van der Waals surface area (Å²) in [4.78, 5) is 12.5. The standard InChI is InChI=1S/C22H21NO5S/c1-16-7-9-18(10-8-16)23(2)29(25,26)21-6-4-5-17(15-21)22(24)28-20-13-11-19(27-3)12-14-20/h4-15H,1-3H3. The Morgan fingerprint density at radius 3 is 2.14 bits per heavy atom. The molecule has 0 aromatic heterocycles. The summed E-state index contributed by atoms with van der Waals surface area (Å²) in [7, 11) is -0.817. The first-order valence-electron chi connectivity index (χ1n) is 8.83. The van der Waals surface area contributed by atoms with E-state index >= 15 is 0 Å². The van der Waals surface area contributed by atoms with Gasteiger partial charge >= 0.3 is 5.97 Å². The number of aryl methyl sites for hydroxylation is 1. The number of hydrogen-bond acceptors (Lipinski definition) is 5. The minimum absolute atomic E-state index is 0.00440. The van der Waals surface area contributed by atoms with Crippen molar-refractivity contribution < 1.29 is 22.7 Å². The van der Waals surface area contributed by atoms with Crippen molar-refractivity contribution in [1.29, 1.82) is 0 Å². The molecule has 0 spiro atoms. The number of benzene rings is 3. The van der Waals surface area contributed by atoms with E-state index in [1.54, 1.807) is 43.5 Å². The van der Waals surface area contributed by atoms with Crippen molar-refractivity contribution in [2.75, 3.05) is 18.5 Å². The summed E-state index contributed by atoms with van der Waals surface area (Å²) >= 11 is 0. The van der Waals surface area contributed by atoms with Crippen molar-refractivity contribution in [3.8, 4) is 11.5 Å². The third kappa shape index (κ3) is 4.57. The van der Waals surface area contributed by atoms with Gasteiger partial charge in [0.05, 0.1) is 23.3 Å². The van der Waals surface area contributed by atoms with Crippen LogP contribution in [0.3, 0.4) is 0 Å². The zero-order chi connectivity index (χ0) is 21.0. The molecule has 0 N–H and O–H groups in total. The molecule has 0 saturated carbocycles. The van der Waals surface area contributed by atoms with E-state index in [2.05, 4.69) is 0 Å². The second-order valence-corrected chi connectivity index (χ2v) is 8.37. The SMILES string of the molecule is COc1ccc(OC(=O)c2cccc(S(=O)(=O)N(C)c3ccc(C)cc3)c2)cc1. The topological polar surface area (TPSA) is 72.9 Å². The average molecular weight is 411 g/mol. The zero-order valence-corrected chi connectivity index (χ0v) is 17.1. The lowest BCUT2D eigenvalue weighted by atomic mass is 10.2. The first kappa shape index (κ1) is 20.4. The van der Waals surface area contributed by atoms with Crippen LogP contribution in [0.1, 0.15) is 15.9 Å². The van der Waals surface area contributed by atoms with Crippen LogP contribution in [0.5, 0.6) is 11.5 Å². The molecule has 0 atom stereocenters. The molecule has 3 rings (SSSR count). The number of carbonyl (C=O) groups excluding carboxylic acids is 1. The molecule has 150 valence electrons. The fourth-order valence-corrected chi connectivity index (χ4v) is 3.89. The molecule has 3 aromatic rings. The number of ether oxygens (including phenoxy) is 2. The van der Waals surface area contributed by atoms with Crippen molar-refractivity contribution >= 4 is 21.7 Å². The first-order chi connectivity index (χ1) is 13.8. The van der Waals surface area contributed by atoms with Crippen molar-refractivity contribution in [2.24, 2.45) is 0 Å². The van der Waals surface area contributed by atoms with E-state index in [1.165, 1.54) is 35.6 Å². The molecule has 0 aliphatic carbocycles. The van der Waals surface area contributed by atoms with Crippen LogP contribution in [0.15, 0.2) is 77.7 Å². The quantitative estimate of drug-likeness (QED) is 0.452. The summed E-state index contributed by atoms with van der Waals surface area (Å²) in [5, 5.41) is 0. The monoisotopic (exact) mass is 411 g/mol. The third-order valence-corrected chi connectivity index (χ3v) is 6.18. The van der Waals surface area contributed by atoms with Crippen molar-refractivity contribution in [3.05, 3.63) is 83.9 Å². The highest BCUT2D eigenvalue weighted by atomic mass is 32.2. The molecule has 3 aromatic carbocycles. The summed E-state index contributed by atoms with van der Waals surface area (Å²) in [6.07, 6.45) is 0. The maximum absolute atomic E-state index is 13.0. The first-order valence-corrected chi connectivity index (χ1v) is 10.3. The van der Waals surface area contributed by atoms with Crippen LogP contribution in [0.2, 0.25) is 0 Å². The fourth-order valence-electron chi connectivity index (χ4n) is 2.64. The molecule has 0 heterocycles. The van der Waals surface area contributed by atoms with E-state index < -0.39 is 16.0 Å². The van der Waals surface area contributed by atoms with E-state index in [9.17, 15) is 13.2 Å². The van der Waals surface area contributed by atoms with Crippen LogP contribution in [0, 0.1) is 6.92 Å². The Hall–Kier alpha value is -3.32. The number of methoxy groups -OCH3 is 1. The minimum atomic E-state index is -3.83. The maximum atomic E-state index is 13.0. The number of sulfonamides is 1. The largest absolute Gasteiger partial charge is 0.497 e. The van der Waals surface area contributed by atoms with E-state index in [0.29, 0.717) is 17.2 Å². The lowest BCUT2D eigenvalue weighted by Crippen LogP contribution is -2.26. The van der Waals surface area contributed by atoms with Crippen LogP contribution < -0.4 is 13.8 Å². The number of rotatable bonds is 6. The van der Waals surface area contributed by atoms with E-state index in [0.717, 1.165) is 5.56 Å². The Balaban J connectivity index is 1.83. The van der Waals surface area contributed by atoms with Gasteiger partial charge in [-0.25, -0.2) is 13.2 Å². The van der Waals surface area contributed by atoms with Gasteiger partial charge in [-0.15, -0.1) is 0 Å². The Bertz CT molecular complexity index is 1110. The third-order valence-electron chi connectivity index (χ3n) is 4.40. The minimum Gasteiger partial charge on any atom is -0.497 e. The second kappa shape index (κ2) is 8.36. The van der Waals surface area contributed by atoms with E-state index in [1.807, 2.05) is 19.1 Å². The summed E-state index contributed by atoms with van der Waals surface area (Å²) in [5.41, 5.74) is 1.70. The Kier molecular flexibility index (Phi) is 5.89. The Labute approximate surface area is 170 Å². The molecule has 0 radical (unpaired) electrons. The van der Waals surface area contributed by atoms with Gasteiger partial charge in [-0.2, -0.15) is 0 Å². The van der Waals surface area contributed by atoms with Crippen LogP contribution >= 0.6 is 0 Å². The lowest BCUT2D eigenvalue weighted by Gasteiger charge is -2.20. The summed E-state index contributed by atoms with van der Waals surface area (Å²) in [6, 6.07) is 19.5. The number of esters is 1. The molecular weight excluding hydrogens is 390 g/mol. The van der Waals surface area contributed by atoms with Crippen LogP contribution in [-0.4, -0.2) is 28.5 Å². The highest BCUT2D eigenvalue weighted by Crippen LogP contribution is 2.24. The molecule has 0 unspecified atom stereocenters. The molecule has 0 aliphatic heterocycles. The van der Waals surface area contributed by atoms with Gasteiger partial charge < -0.3 is 9.47 Å². The maximum Gasteiger partial charge on any atom is 0.343 e. The van der Waals surface area contributed by atoms with Crippen molar-refractivity contribution in [3.63, 3.8) is 0 Å². The predicted molar refractivity (Wildman–Crippen MR) is 111 cm³/mol. The van der Waals surface area contributed by atoms with Gasteiger partial charge in [-0.05, 0) is 61.5 Å². The molecular formula is C22H21NO5S. The zero-order valence-electron chi connectivity index (χ0n) is 16.3. The van der Waals surface area contributed by atoms with Gasteiger partial charge in [-0.1, -0.05) is 23.8 Å². The van der Waals surface area contributed by atoms with Crippen molar-refractivity contribution in [2.45, 2.75) is 11.8 Å². The molecule has 29 heavy (non-hydrogen) atoms. The highest BCUT2D eigenvalue weighted by molar-refractivity contribution is 7.92. The fraction of sp³-hybridized carbons (Fsp3) is 0.136. The second-order valence-electron chi connectivity index (χ2n) is 6.40. The molecule has 0 aliphatic rings. The van der Waals surface area contributed by atoms with E-state index in [-0.39, 0.29) is 10.5 Å². The number of anilines is 1. The molecule has 0 fully saturated rings. The molecule has 7 heteroatoms. The molecule has 0 amide bonds. The smallest absolute Gasteiger partial charge is 0.343 e.